The molecule has 0 amide bonds. The summed E-state index contributed by atoms with van der Waals surface area (Å²) in [4.78, 5) is 0. The molecule has 1 rings (SSSR count). The number of rotatable bonds is 7. The van der Waals surface area contributed by atoms with Crippen molar-refractivity contribution < 1.29 is 17.9 Å². The van der Waals surface area contributed by atoms with Crippen LogP contribution in [0.25, 0.3) is 0 Å². The number of alkyl halides is 3. The highest BCUT2D eigenvalue weighted by molar-refractivity contribution is 5.30. The minimum Gasteiger partial charge on any atom is -0.493 e. The van der Waals surface area contributed by atoms with Crippen molar-refractivity contribution in [1.29, 1.82) is 0 Å². The fourth-order valence-corrected chi connectivity index (χ4v) is 1.85. The van der Waals surface area contributed by atoms with Crippen LogP contribution in [0.3, 0.4) is 0 Å². The maximum atomic E-state index is 12.0. The van der Waals surface area contributed by atoms with Gasteiger partial charge < -0.3 is 10.1 Å². The Morgan fingerprint density at radius 1 is 1.26 bits per heavy atom. The minimum absolute atomic E-state index is 0.205. The third kappa shape index (κ3) is 5.96. The predicted molar refractivity (Wildman–Crippen MR) is 69.3 cm³/mol. The van der Waals surface area contributed by atoms with Crippen molar-refractivity contribution >= 4 is 0 Å². The molecule has 0 aromatic heterocycles. The van der Waals surface area contributed by atoms with Gasteiger partial charge in [-0.3, -0.25) is 0 Å². The minimum atomic E-state index is -4.17. The summed E-state index contributed by atoms with van der Waals surface area (Å²) >= 11 is 0. The Labute approximate surface area is 112 Å². The molecular weight excluding hydrogens is 255 g/mol. The number of nitrogens with one attached hydrogen (secondary N) is 1. The molecule has 2 nitrogen and oxygen atoms in total. The Hall–Kier alpha value is -1.23. The van der Waals surface area contributed by atoms with Gasteiger partial charge in [-0.25, -0.2) is 0 Å². The number of halogens is 3. The summed E-state index contributed by atoms with van der Waals surface area (Å²) in [6.45, 7) is 4.58. The van der Waals surface area contributed by atoms with E-state index in [0.717, 1.165) is 18.5 Å². The monoisotopic (exact) mass is 275 g/mol. The average molecular weight is 275 g/mol. The van der Waals surface area contributed by atoms with Crippen LogP contribution in [0, 0.1) is 0 Å². The topological polar surface area (TPSA) is 21.3 Å². The van der Waals surface area contributed by atoms with Crippen LogP contribution in [0.5, 0.6) is 5.75 Å². The van der Waals surface area contributed by atoms with Crippen LogP contribution in [0.15, 0.2) is 24.3 Å². The zero-order valence-corrected chi connectivity index (χ0v) is 11.3. The smallest absolute Gasteiger partial charge is 0.392 e. The van der Waals surface area contributed by atoms with Gasteiger partial charge in [-0.1, -0.05) is 26.0 Å². The van der Waals surface area contributed by atoms with Crippen LogP contribution in [0.4, 0.5) is 13.2 Å². The standard InChI is InChI=1S/C14H20F3NO/c1-3-13(18-4-2)11-6-5-7-12(10-11)19-9-8-14(15,16)17/h5-7,10,13,18H,3-4,8-9H2,1-2H3. The molecule has 1 aromatic rings. The third-order valence-corrected chi connectivity index (χ3v) is 2.77. The maximum absolute atomic E-state index is 12.0. The summed E-state index contributed by atoms with van der Waals surface area (Å²) < 4.78 is 41.2. The lowest BCUT2D eigenvalue weighted by Crippen LogP contribution is -2.20. The Morgan fingerprint density at radius 3 is 2.58 bits per heavy atom. The van der Waals surface area contributed by atoms with Crippen molar-refractivity contribution in [2.45, 2.75) is 38.9 Å². The molecule has 0 radical (unpaired) electrons. The number of hydrogen-bond acceptors (Lipinski definition) is 2. The highest BCUT2D eigenvalue weighted by atomic mass is 19.4. The Morgan fingerprint density at radius 2 is 2.00 bits per heavy atom. The van der Waals surface area contributed by atoms with E-state index in [1.54, 1.807) is 18.2 Å². The predicted octanol–water partition coefficient (Wildman–Crippen LogP) is 4.08. The van der Waals surface area contributed by atoms with Gasteiger partial charge in [-0.15, -0.1) is 0 Å². The molecule has 0 aliphatic rings. The van der Waals surface area contributed by atoms with Gasteiger partial charge in [0.1, 0.15) is 5.75 Å². The van der Waals surface area contributed by atoms with Crippen molar-refractivity contribution in [3.8, 4) is 5.75 Å². The highest BCUT2D eigenvalue weighted by Crippen LogP contribution is 2.23. The van der Waals surface area contributed by atoms with E-state index < -0.39 is 12.6 Å². The van der Waals surface area contributed by atoms with E-state index in [0.29, 0.717) is 5.75 Å². The molecule has 1 atom stereocenters. The fourth-order valence-electron chi connectivity index (χ4n) is 1.85. The first kappa shape index (κ1) is 15.8. The van der Waals surface area contributed by atoms with E-state index in [9.17, 15) is 13.2 Å². The van der Waals surface area contributed by atoms with Crippen LogP contribution in [-0.2, 0) is 0 Å². The molecule has 0 aliphatic carbocycles. The Bertz CT molecular complexity index is 379. The molecule has 0 bridgehead atoms. The zero-order valence-electron chi connectivity index (χ0n) is 11.3. The normalized spacial score (nSPS) is 13.3. The van der Waals surface area contributed by atoms with Crippen LogP contribution in [0.1, 0.15) is 38.3 Å². The van der Waals surface area contributed by atoms with Crippen LogP contribution >= 0.6 is 0 Å². The van der Waals surface area contributed by atoms with Gasteiger partial charge in [0.05, 0.1) is 13.0 Å². The quantitative estimate of drug-likeness (QED) is 0.809. The molecular formula is C14H20F3NO. The van der Waals surface area contributed by atoms with Crippen LogP contribution in [-0.4, -0.2) is 19.3 Å². The third-order valence-electron chi connectivity index (χ3n) is 2.77. The van der Waals surface area contributed by atoms with Gasteiger partial charge in [0.2, 0.25) is 0 Å². The second-order valence-corrected chi connectivity index (χ2v) is 4.30. The van der Waals surface area contributed by atoms with E-state index in [4.69, 9.17) is 4.74 Å². The lowest BCUT2D eigenvalue weighted by molar-refractivity contribution is -0.139. The summed E-state index contributed by atoms with van der Waals surface area (Å²) in [7, 11) is 0. The van der Waals surface area contributed by atoms with Gasteiger partial charge in [0.15, 0.2) is 0 Å². The summed E-state index contributed by atoms with van der Waals surface area (Å²) in [6, 6.07) is 7.44. The first-order valence-electron chi connectivity index (χ1n) is 6.49. The van der Waals surface area contributed by atoms with E-state index in [-0.39, 0.29) is 12.6 Å². The van der Waals surface area contributed by atoms with Gasteiger partial charge in [-0.05, 0) is 30.7 Å². The lowest BCUT2D eigenvalue weighted by Gasteiger charge is -2.17. The summed E-state index contributed by atoms with van der Waals surface area (Å²) in [6.07, 6.45) is -4.19. The van der Waals surface area contributed by atoms with Crippen molar-refractivity contribution in [3.63, 3.8) is 0 Å². The van der Waals surface area contributed by atoms with E-state index in [2.05, 4.69) is 12.2 Å². The molecule has 0 saturated heterocycles. The lowest BCUT2D eigenvalue weighted by atomic mass is 10.0. The number of ether oxygens (including phenoxy) is 1. The van der Waals surface area contributed by atoms with Crippen LogP contribution < -0.4 is 10.1 Å². The molecule has 1 aromatic carbocycles. The van der Waals surface area contributed by atoms with Crippen molar-refractivity contribution in [3.05, 3.63) is 29.8 Å². The number of hydrogen-bond donors (Lipinski definition) is 1. The number of benzene rings is 1. The zero-order chi connectivity index (χ0) is 14.3. The van der Waals surface area contributed by atoms with Crippen LogP contribution in [0.2, 0.25) is 0 Å². The van der Waals surface area contributed by atoms with Gasteiger partial charge in [0.25, 0.3) is 0 Å². The first-order valence-corrected chi connectivity index (χ1v) is 6.49. The molecule has 1 unspecified atom stereocenters. The Kier molecular flexibility index (Phi) is 6.15. The van der Waals surface area contributed by atoms with Crippen molar-refractivity contribution in [1.82, 2.24) is 5.32 Å². The molecule has 19 heavy (non-hydrogen) atoms. The average Bonchev–Trinajstić information content (AvgIpc) is 2.35. The molecule has 5 heteroatoms. The first-order chi connectivity index (χ1) is 8.96. The molecule has 0 heterocycles. The van der Waals surface area contributed by atoms with Gasteiger partial charge >= 0.3 is 6.18 Å². The van der Waals surface area contributed by atoms with Gasteiger partial charge in [0, 0.05) is 6.04 Å². The van der Waals surface area contributed by atoms with E-state index >= 15 is 0 Å². The molecule has 0 spiro atoms. The molecule has 108 valence electrons. The maximum Gasteiger partial charge on any atom is 0.392 e. The SMILES string of the molecule is CCNC(CC)c1cccc(OCCC(F)(F)F)c1. The molecule has 0 aliphatic heterocycles. The summed E-state index contributed by atoms with van der Waals surface area (Å²) in [5.41, 5.74) is 1.04. The Balaban J connectivity index is 2.61. The summed E-state index contributed by atoms with van der Waals surface area (Å²) in [5, 5.41) is 3.32. The van der Waals surface area contributed by atoms with E-state index in [1.807, 2.05) is 13.0 Å². The van der Waals surface area contributed by atoms with E-state index in [1.165, 1.54) is 0 Å². The fraction of sp³-hybridized carbons (Fsp3) is 0.571. The second-order valence-electron chi connectivity index (χ2n) is 4.30. The highest BCUT2D eigenvalue weighted by Gasteiger charge is 2.26. The summed E-state index contributed by atoms with van der Waals surface area (Å²) in [5.74, 6) is 0.484. The molecule has 0 fully saturated rings. The van der Waals surface area contributed by atoms with Crippen molar-refractivity contribution in [2.24, 2.45) is 0 Å². The molecule has 1 N–H and O–H groups in total. The second kappa shape index (κ2) is 7.38. The van der Waals surface area contributed by atoms with Gasteiger partial charge in [-0.2, -0.15) is 13.2 Å². The van der Waals surface area contributed by atoms with Crippen molar-refractivity contribution in [2.75, 3.05) is 13.2 Å². The largest absolute Gasteiger partial charge is 0.493 e. The molecule has 0 saturated carbocycles.